The Morgan fingerprint density at radius 2 is 1.45 bits per heavy atom. The first-order valence-corrected chi connectivity index (χ1v) is 10.8. The summed E-state index contributed by atoms with van der Waals surface area (Å²) >= 11 is 0. The van der Waals surface area contributed by atoms with Gasteiger partial charge in [0, 0.05) is 17.9 Å². The molecule has 2 bridgehead atoms. The van der Waals surface area contributed by atoms with Gasteiger partial charge in [0.1, 0.15) is 5.82 Å². The molecule has 0 radical (unpaired) electrons. The minimum Gasteiger partial charge on any atom is -0.310 e. The lowest BCUT2D eigenvalue weighted by molar-refractivity contribution is -0.126. The molecule has 4 heteroatoms. The third kappa shape index (κ3) is 2.61. The van der Waals surface area contributed by atoms with Crippen molar-refractivity contribution in [2.45, 2.75) is 25.2 Å². The summed E-state index contributed by atoms with van der Waals surface area (Å²) in [7, 11) is 0. The van der Waals surface area contributed by atoms with Crippen LogP contribution in [0.4, 0.5) is 5.82 Å². The smallest absolute Gasteiger partial charge is 0.232 e. The summed E-state index contributed by atoms with van der Waals surface area (Å²) in [4.78, 5) is 13.8. The van der Waals surface area contributed by atoms with Crippen molar-refractivity contribution in [2.75, 3.05) is 5.32 Å². The van der Waals surface area contributed by atoms with Crippen LogP contribution in [-0.2, 0) is 4.79 Å². The number of carbonyl (C=O) groups excluding carboxylic acids is 1. The molecule has 152 valence electrons. The highest BCUT2D eigenvalue weighted by atomic mass is 16.2. The van der Waals surface area contributed by atoms with Gasteiger partial charge in [0.25, 0.3) is 0 Å². The number of amides is 1. The zero-order valence-electron chi connectivity index (χ0n) is 17.3. The van der Waals surface area contributed by atoms with Gasteiger partial charge in [-0.05, 0) is 47.7 Å². The van der Waals surface area contributed by atoms with E-state index in [1.54, 1.807) is 10.9 Å². The summed E-state index contributed by atoms with van der Waals surface area (Å²) in [6.45, 7) is 2.12. The van der Waals surface area contributed by atoms with E-state index in [-0.39, 0.29) is 17.7 Å². The van der Waals surface area contributed by atoms with Crippen LogP contribution in [0, 0.1) is 5.41 Å². The topological polar surface area (TPSA) is 46.9 Å². The van der Waals surface area contributed by atoms with Gasteiger partial charge in [-0.1, -0.05) is 66.7 Å². The third-order valence-corrected chi connectivity index (χ3v) is 7.03. The number of para-hydroxylation sites is 1. The van der Waals surface area contributed by atoms with Crippen molar-refractivity contribution in [1.82, 2.24) is 9.78 Å². The summed E-state index contributed by atoms with van der Waals surface area (Å²) < 4.78 is 1.78. The standard InChI is InChI=1S/C27H23N3O/c1-27(26(31)29-24-15-16-28-30(24)18-9-3-2-4-10-18)17-23-19-11-5-7-13-21(19)25(27)22-14-8-6-12-20(22)23/h2-16,23,25H,17H2,1H3,(H,29,31). The van der Waals surface area contributed by atoms with Crippen LogP contribution in [0.5, 0.6) is 0 Å². The number of nitrogens with one attached hydrogen (secondary N) is 1. The fraction of sp³-hybridized carbons (Fsp3) is 0.185. The zero-order chi connectivity index (χ0) is 21.0. The first-order chi connectivity index (χ1) is 15.2. The average molecular weight is 406 g/mol. The van der Waals surface area contributed by atoms with Crippen molar-refractivity contribution >= 4 is 11.7 Å². The lowest BCUT2D eigenvalue weighted by Crippen LogP contribution is -2.47. The van der Waals surface area contributed by atoms with Crippen LogP contribution in [0.1, 0.15) is 47.4 Å². The molecule has 0 aliphatic heterocycles. The minimum atomic E-state index is -0.542. The van der Waals surface area contributed by atoms with Crippen LogP contribution in [0.3, 0.4) is 0 Å². The summed E-state index contributed by atoms with van der Waals surface area (Å²) in [6.07, 6.45) is 2.53. The van der Waals surface area contributed by atoms with Crippen LogP contribution in [-0.4, -0.2) is 15.7 Å². The molecule has 1 atom stereocenters. The number of anilines is 1. The lowest BCUT2D eigenvalue weighted by atomic mass is 9.52. The summed E-state index contributed by atoms with van der Waals surface area (Å²) in [5.41, 5.74) is 5.68. The molecule has 3 aliphatic carbocycles. The maximum atomic E-state index is 13.8. The van der Waals surface area contributed by atoms with Crippen molar-refractivity contribution in [3.8, 4) is 5.69 Å². The molecule has 4 nitrogen and oxygen atoms in total. The number of fused-ring (bicyclic) bond motifs is 1. The second-order valence-corrected chi connectivity index (χ2v) is 8.78. The zero-order valence-corrected chi connectivity index (χ0v) is 17.3. The number of rotatable bonds is 3. The number of benzene rings is 3. The van der Waals surface area contributed by atoms with Gasteiger partial charge in [-0.3, -0.25) is 4.79 Å². The quantitative estimate of drug-likeness (QED) is 0.489. The second kappa shape index (κ2) is 6.67. The fourth-order valence-electron chi connectivity index (χ4n) is 5.62. The SMILES string of the molecule is CC1(C(=O)Nc2ccnn2-c2ccccc2)CC2c3ccccc3C1c1ccccc12. The molecule has 4 aromatic rings. The second-order valence-electron chi connectivity index (χ2n) is 8.78. The molecular formula is C27H23N3O. The highest BCUT2D eigenvalue weighted by Crippen LogP contribution is 2.61. The molecule has 0 saturated heterocycles. The van der Waals surface area contributed by atoms with Gasteiger partial charge in [0.05, 0.1) is 17.3 Å². The molecule has 0 fully saturated rings. The summed E-state index contributed by atoms with van der Waals surface area (Å²) in [6, 6.07) is 29.0. The van der Waals surface area contributed by atoms with Gasteiger partial charge in [0.15, 0.2) is 0 Å². The molecule has 3 aromatic carbocycles. The number of hydrogen-bond acceptors (Lipinski definition) is 2. The Hall–Kier alpha value is -3.66. The predicted molar refractivity (Wildman–Crippen MR) is 121 cm³/mol. The Morgan fingerprint density at radius 1 is 0.871 bits per heavy atom. The van der Waals surface area contributed by atoms with E-state index < -0.39 is 5.41 Å². The molecule has 1 amide bonds. The molecule has 1 heterocycles. The molecule has 0 spiro atoms. The Bertz CT molecular complexity index is 1250. The van der Waals surface area contributed by atoms with Crippen LogP contribution < -0.4 is 5.32 Å². The Labute approximate surface area is 181 Å². The van der Waals surface area contributed by atoms with Crippen molar-refractivity contribution in [3.05, 3.63) is 113 Å². The van der Waals surface area contributed by atoms with Gasteiger partial charge < -0.3 is 5.32 Å². The molecule has 7 rings (SSSR count). The van der Waals surface area contributed by atoms with Gasteiger partial charge >= 0.3 is 0 Å². The summed E-state index contributed by atoms with van der Waals surface area (Å²) in [5.74, 6) is 1.02. The van der Waals surface area contributed by atoms with Gasteiger partial charge in [0.2, 0.25) is 5.91 Å². The van der Waals surface area contributed by atoms with E-state index in [2.05, 4.69) is 65.9 Å². The molecular weight excluding hydrogens is 382 g/mol. The fourth-order valence-corrected chi connectivity index (χ4v) is 5.62. The molecule has 0 saturated carbocycles. The van der Waals surface area contributed by atoms with Crippen LogP contribution in [0.2, 0.25) is 0 Å². The van der Waals surface area contributed by atoms with E-state index in [0.717, 1.165) is 12.1 Å². The van der Waals surface area contributed by atoms with Crippen LogP contribution in [0.15, 0.2) is 91.1 Å². The van der Waals surface area contributed by atoms with Crippen molar-refractivity contribution in [3.63, 3.8) is 0 Å². The largest absolute Gasteiger partial charge is 0.310 e. The van der Waals surface area contributed by atoms with Crippen LogP contribution >= 0.6 is 0 Å². The van der Waals surface area contributed by atoms with Gasteiger partial charge in [-0.2, -0.15) is 5.10 Å². The van der Waals surface area contributed by atoms with Gasteiger partial charge in [-0.25, -0.2) is 4.68 Å². The van der Waals surface area contributed by atoms with Crippen molar-refractivity contribution < 1.29 is 4.79 Å². The average Bonchev–Trinajstić information content (AvgIpc) is 3.28. The molecule has 31 heavy (non-hydrogen) atoms. The predicted octanol–water partition coefficient (Wildman–Crippen LogP) is 5.50. The minimum absolute atomic E-state index is 0.0398. The van der Waals surface area contributed by atoms with Crippen molar-refractivity contribution in [2.24, 2.45) is 5.41 Å². The molecule has 1 unspecified atom stereocenters. The monoisotopic (exact) mass is 405 g/mol. The third-order valence-electron chi connectivity index (χ3n) is 7.03. The van der Waals surface area contributed by atoms with E-state index in [9.17, 15) is 4.79 Å². The highest BCUT2D eigenvalue weighted by Gasteiger charge is 2.53. The van der Waals surface area contributed by atoms with E-state index in [1.165, 1.54) is 22.3 Å². The Kier molecular flexibility index (Phi) is 3.90. The van der Waals surface area contributed by atoms with E-state index in [4.69, 9.17) is 0 Å². The molecule has 3 aliphatic rings. The van der Waals surface area contributed by atoms with Gasteiger partial charge in [-0.15, -0.1) is 0 Å². The summed E-state index contributed by atoms with van der Waals surface area (Å²) in [5, 5.41) is 7.64. The maximum Gasteiger partial charge on any atom is 0.232 e. The number of hydrogen-bond donors (Lipinski definition) is 1. The van der Waals surface area contributed by atoms with Crippen molar-refractivity contribution in [1.29, 1.82) is 0 Å². The Morgan fingerprint density at radius 3 is 2.10 bits per heavy atom. The first kappa shape index (κ1) is 18.1. The molecule has 1 N–H and O–H groups in total. The number of carbonyl (C=O) groups is 1. The van der Waals surface area contributed by atoms with E-state index >= 15 is 0 Å². The maximum absolute atomic E-state index is 13.8. The first-order valence-electron chi connectivity index (χ1n) is 10.8. The molecule has 1 aromatic heterocycles. The van der Waals surface area contributed by atoms with E-state index in [0.29, 0.717) is 5.82 Å². The van der Waals surface area contributed by atoms with Crippen LogP contribution in [0.25, 0.3) is 5.69 Å². The lowest BCUT2D eigenvalue weighted by Gasteiger charge is -2.50. The number of aromatic nitrogens is 2. The normalized spacial score (nSPS) is 23.1. The van der Waals surface area contributed by atoms with E-state index in [1.807, 2.05) is 36.4 Å². The highest BCUT2D eigenvalue weighted by molar-refractivity contribution is 5.97. The number of nitrogens with zero attached hydrogens (tertiary/aromatic N) is 2. The Balaban J connectivity index is 1.41.